The summed E-state index contributed by atoms with van der Waals surface area (Å²) in [6, 6.07) is 11.6. The van der Waals surface area contributed by atoms with Crippen LogP contribution in [0.4, 0.5) is 0 Å². The zero-order valence-corrected chi connectivity index (χ0v) is 11.4. The van der Waals surface area contributed by atoms with Gasteiger partial charge in [0.25, 0.3) is 0 Å². The average molecular weight is 273 g/mol. The van der Waals surface area contributed by atoms with Gasteiger partial charge in [0.1, 0.15) is 0 Å². The van der Waals surface area contributed by atoms with Crippen molar-refractivity contribution in [1.82, 2.24) is 15.3 Å². The van der Waals surface area contributed by atoms with E-state index in [1.165, 1.54) is 11.8 Å². The summed E-state index contributed by atoms with van der Waals surface area (Å²) >= 11 is 1.33. The molecule has 2 aromatic rings. The molecule has 1 amide bonds. The lowest BCUT2D eigenvalue weighted by molar-refractivity contribution is -0.119. The maximum atomic E-state index is 11.8. The molecule has 1 aromatic heterocycles. The van der Waals surface area contributed by atoms with Crippen LogP contribution in [0.5, 0.6) is 0 Å². The molecule has 2 rings (SSSR count). The van der Waals surface area contributed by atoms with E-state index in [9.17, 15) is 4.79 Å². The van der Waals surface area contributed by atoms with Gasteiger partial charge in [-0.25, -0.2) is 9.97 Å². The minimum atomic E-state index is -0.0196. The fourth-order valence-electron chi connectivity index (χ4n) is 1.60. The van der Waals surface area contributed by atoms with Gasteiger partial charge < -0.3 is 5.32 Å². The molecule has 0 unspecified atom stereocenters. The SMILES string of the molecule is C[C@@H](NC(=O)CSc1ncccn1)c1ccccc1. The monoisotopic (exact) mass is 273 g/mol. The van der Waals surface area contributed by atoms with Crippen LogP contribution in [0.1, 0.15) is 18.5 Å². The highest BCUT2D eigenvalue weighted by atomic mass is 32.2. The highest BCUT2D eigenvalue weighted by molar-refractivity contribution is 7.99. The van der Waals surface area contributed by atoms with E-state index in [-0.39, 0.29) is 11.9 Å². The van der Waals surface area contributed by atoms with E-state index in [2.05, 4.69) is 15.3 Å². The number of nitrogens with one attached hydrogen (secondary N) is 1. The Kier molecular flexibility index (Phi) is 4.92. The smallest absolute Gasteiger partial charge is 0.230 e. The van der Waals surface area contributed by atoms with Gasteiger partial charge in [0.2, 0.25) is 5.91 Å². The summed E-state index contributed by atoms with van der Waals surface area (Å²) in [5.41, 5.74) is 1.09. The van der Waals surface area contributed by atoms with Crippen molar-refractivity contribution in [2.75, 3.05) is 5.75 Å². The highest BCUT2D eigenvalue weighted by Crippen LogP contribution is 2.13. The third-order valence-corrected chi connectivity index (χ3v) is 3.43. The van der Waals surface area contributed by atoms with Crippen LogP contribution in [0.3, 0.4) is 0 Å². The lowest BCUT2D eigenvalue weighted by Gasteiger charge is -2.13. The number of carbonyl (C=O) groups is 1. The molecule has 1 N–H and O–H groups in total. The maximum absolute atomic E-state index is 11.8. The first-order chi connectivity index (χ1) is 9.25. The van der Waals surface area contributed by atoms with Crippen LogP contribution in [0, 0.1) is 0 Å². The molecule has 98 valence electrons. The van der Waals surface area contributed by atoms with Gasteiger partial charge in [-0.3, -0.25) is 4.79 Å². The summed E-state index contributed by atoms with van der Waals surface area (Å²) in [6.07, 6.45) is 3.33. The number of amides is 1. The highest BCUT2D eigenvalue weighted by Gasteiger charge is 2.09. The minimum Gasteiger partial charge on any atom is -0.349 e. The van der Waals surface area contributed by atoms with Gasteiger partial charge in [-0.2, -0.15) is 0 Å². The summed E-state index contributed by atoms with van der Waals surface area (Å²) < 4.78 is 0. The molecule has 0 aliphatic rings. The first-order valence-corrected chi connectivity index (χ1v) is 6.98. The molecule has 0 aliphatic carbocycles. The summed E-state index contributed by atoms with van der Waals surface area (Å²) in [7, 11) is 0. The molecule has 1 aromatic carbocycles. The summed E-state index contributed by atoms with van der Waals surface area (Å²) in [5.74, 6) is 0.301. The molecule has 0 fully saturated rings. The Labute approximate surface area is 116 Å². The zero-order valence-electron chi connectivity index (χ0n) is 10.6. The fourth-order valence-corrected chi connectivity index (χ4v) is 2.21. The van der Waals surface area contributed by atoms with Crippen LogP contribution in [-0.2, 0) is 4.79 Å². The second-order valence-electron chi connectivity index (χ2n) is 4.02. The molecule has 0 saturated heterocycles. The van der Waals surface area contributed by atoms with Gasteiger partial charge in [-0.15, -0.1) is 0 Å². The Bertz CT molecular complexity index is 519. The van der Waals surface area contributed by atoms with Gasteiger partial charge in [0.15, 0.2) is 5.16 Å². The summed E-state index contributed by atoms with van der Waals surface area (Å²) in [4.78, 5) is 19.9. The molecule has 0 saturated carbocycles. The van der Waals surface area contributed by atoms with Crippen molar-refractivity contribution >= 4 is 17.7 Å². The van der Waals surface area contributed by atoms with Gasteiger partial charge in [0.05, 0.1) is 11.8 Å². The minimum absolute atomic E-state index is 0.00555. The van der Waals surface area contributed by atoms with Crippen LogP contribution in [0.2, 0.25) is 0 Å². The van der Waals surface area contributed by atoms with E-state index in [4.69, 9.17) is 0 Å². The normalized spacial score (nSPS) is 11.8. The second-order valence-corrected chi connectivity index (χ2v) is 4.96. The van der Waals surface area contributed by atoms with E-state index in [1.54, 1.807) is 18.5 Å². The Morgan fingerprint density at radius 2 is 1.89 bits per heavy atom. The largest absolute Gasteiger partial charge is 0.349 e. The number of rotatable bonds is 5. The Hall–Kier alpha value is -1.88. The third-order valence-electron chi connectivity index (χ3n) is 2.55. The first-order valence-electron chi connectivity index (χ1n) is 6.00. The van der Waals surface area contributed by atoms with Gasteiger partial charge in [-0.1, -0.05) is 42.1 Å². The second kappa shape index (κ2) is 6.89. The Morgan fingerprint density at radius 3 is 2.58 bits per heavy atom. The Balaban J connectivity index is 1.82. The van der Waals surface area contributed by atoms with Crippen LogP contribution in [0.15, 0.2) is 53.9 Å². The van der Waals surface area contributed by atoms with Crippen molar-refractivity contribution < 1.29 is 4.79 Å². The molecule has 4 nitrogen and oxygen atoms in total. The molecule has 19 heavy (non-hydrogen) atoms. The number of aromatic nitrogens is 2. The van der Waals surface area contributed by atoms with Gasteiger partial charge in [-0.05, 0) is 18.6 Å². The number of hydrogen-bond donors (Lipinski definition) is 1. The van der Waals surface area contributed by atoms with Crippen molar-refractivity contribution in [3.05, 3.63) is 54.4 Å². The van der Waals surface area contributed by atoms with E-state index in [1.807, 2.05) is 37.3 Å². The molecular weight excluding hydrogens is 258 g/mol. The molecule has 0 aliphatic heterocycles. The van der Waals surface area contributed by atoms with E-state index in [0.717, 1.165) is 5.56 Å². The maximum Gasteiger partial charge on any atom is 0.230 e. The number of thioether (sulfide) groups is 1. The first kappa shape index (κ1) is 13.5. The van der Waals surface area contributed by atoms with E-state index in [0.29, 0.717) is 10.9 Å². The third kappa shape index (κ3) is 4.37. The van der Waals surface area contributed by atoms with E-state index < -0.39 is 0 Å². The fraction of sp³-hybridized carbons (Fsp3) is 0.214. The molecule has 1 atom stereocenters. The van der Waals surface area contributed by atoms with Crippen LogP contribution in [-0.4, -0.2) is 21.6 Å². The summed E-state index contributed by atoms with van der Waals surface area (Å²) in [6.45, 7) is 1.97. The standard InChI is InChI=1S/C14H15N3OS/c1-11(12-6-3-2-4-7-12)17-13(18)10-19-14-15-8-5-9-16-14/h2-9,11H,10H2,1H3,(H,17,18)/t11-/m1/s1. The molecule has 0 radical (unpaired) electrons. The lowest BCUT2D eigenvalue weighted by Crippen LogP contribution is -2.28. The molecule has 0 bridgehead atoms. The Morgan fingerprint density at radius 1 is 1.21 bits per heavy atom. The molecule has 1 heterocycles. The van der Waals surface area contributed by atoms with Crippen molar-refractivity contribution in [2.45, 2.75) is 18.1 Å². The zero-order chi connectivity index (χ0) is 13.5. The van der Waals surface area contributed by atoms with Crippen molar-refractivity contribution in [3.8, 4) is 0 Å². The van der Waals surface area contributed by atoms with E-state index >= 15 is 0 Å². The van der Waals surface area contributed by atoms with Crippen LogP contribution >= 0.6 is 11.8 Å². The molecule has 0 spiro atoms. The van der Waals surface area contributed by atoms with Gasteiger partial charge in [0, 0.05) is 12.4 Å². The van der Waals surface area contributed by atoms with Crippen molar-refractivity contribution in [1.29, 1.82) is 0 Å². The average Bonchev–Trinajstić information content (AvgIpc) is 2.47. The lowest BCUT2D eigenvalue weighted by atomic mass is 10.1. The molecular formula is C14H15N3OS. The predicted molar refractivity (Wildman–Crippen MR) is 75.8 cm³/mol. The predicted octanol–water partition coefficient (Wildman–Crippen LogP) is 2.45. The van der Waals surface area contributed by atoms with Gasteiger partial charge >= 0.3 is 0 Å². The molecule has 5 heteroatoms. The number of nitrogens with zero attached hydrogens (tertiary/aromatic N) is 2. The summed E-state index contributed by atoms with van der Waals surface area (Å²) in [5, 5.41) is 3.57. The van der Waals surface area contributed by atoms with Crippen LogP contribution in [0.25, 0.3) is 0 Å². The van der Waals surface area contributed by atoms with Crippen molar-refractivity contribution in [3.63, 3.8) is 0 Å². The number of hydrogen-bond acceptors (Lipinski definition) is 4. The number of carbonyl (C=O) groups excluding carboxylic acids is 1. The van der Waals surface area contributed by atoms with Crippen LogP contribution < -0.4 is 5.32 Å². The topological polar surface area (TPSA) is 54.9 Å². The number of benzene rings is 1. The van der Waals surface area contributed by atoms with Crippen molar-refractivity contribution in [2.24, 2.45) is 0 Å². The quantitative estimate of drug-likeness (QED) is 0.671.